The summed E-state index contributed by atoms with van der Waals surface area (Å²) in [6, 6.07) is 16.4. The zero-order valence-corrected chi connectivity index (χ0v) is 15.8. The summed E-state index contributed by atoms with van der Waals surface area (Å²) in [4.78, 5) is 14.1. The zero-order valence-electron chi connectivity index (χ0n) is 15.8. The van der Waals surface area contributed by atoms with E-state index in [0.29, 0.717) is 19.7 Å². The fourth-order valence-corrected chi connectivity index (χ4v) is 3.04. The van der Waals surface area contributed by atoms with E-state index in [1.807, 2.05) is 45.0 Å². The van der Waals surface area contributed by atoms with Crippen LogP contribution < -0.4 is 4.74 Å². The van der Waals surface area contributed by atoms with E-state index in [9.17, 15) is 4.79 Å². The van der Waals surface area contributed by atoms with Gasteiger partial charge >= 0.3 is 6.09 Å². The highest BCUT2D eigenvalue weighted by Gasteiger charge is 2.24. The van der Waals surface area contributed by atoms with Gasteiger partial charge in [0.25, 0.3) is 0 Å². The monoisotopic (exact) mass is 353 g/mol. The number of hydrogen-bond donors (Lipinski definition) is 0. The van der Waals surface area contributed by atoms with E-state index < -0.39 is 5.60 Å². The van der Waals surface area contributed by atoms with Crippen molar-refractivity contribution >= 4 is 6.09 Å². The third-order valence-corrected chi connectivity index (χ3v) is 4.38. The second-order valence-electron chi connectivity index (χ2n) is 7.67. The average molecular weight is 353 g/mol. The molecule has 1 aliphatic heterocycles. The maximum atomic E-state index is 12.3. The Hall–Kier alpha value is -2.49. The number of hydrogen-bond acceptors (Lipinski definition) is 3. The predicted molar refractivity (Wildman–Crippen MR) is 102 cm³/mol. The number of rotatable bonds is 3. The van der Waals surface area contributed by atoms with Gasteiger partial charge in [-0.15, -0.1) is 0 Å². The highest BCUT2D eigenvalue weighted by atomic mass is 16.6. The molecule has 0 unspecified atom stereocenters. The molecule has 2 aromatic carbocycles. The van der Waals surface area contributed by atoms with Gasteiger partial charge in [-0.3, -0.25) is 0 Å². The van der Waals surface area contributed by atoms with E-state index in [-0.39, 0.29) is 6.09 Å². The first-order valence-electron chi connectivity index (χ1n) is 9.17. The molecule has 3 rings (SSSR count). The Kier molecular flexibility index (Phi) is 5.50. The minimum atomic E-state index is -0.464. The third kappa shape index (κ3) is 5.01. The van der Waals surface area contributed by atoms with Crippen molar-refractivity contribution in [3.63, 3.8) is 0 Å². The number of carbonyl (C=O) groups excluding carboxylic acids is 1. The molecule has 0 radical (unpaired) electrons. The first-order chi connectivity index (χ1) is 12.4. The normalized spacial score (nSPS) is 14.3. The molecule has 0 N–H and O–H groups in total. The minimum Gasteiger partial charge on any atom is -0.489 e. The Morgan fingerprint density at radius 3 is 2.38 bits per heavy atom. The van der Waals surface area contributed by atoms with Gasteiger partial charge in [0.1, 0.15) is 18.0 Å². The molecule has 0 spiro atoms. The van der Waals surface area contributed by atoms with Crippen LogP contribution in [0.4, 0.5) is 4.79 Å². The summed E-state index contributed by atoms with van der Waals surface area (Å²) in [5, 5.41) is 0. The number of nitrogens with zero attached hydrogens (tertiary/aromatic N) is 1. The van der Waals surface area contributed by atoms with E-state index in [0.717, 1.165) is 24.2 Å². The van der Waals surface area contributed by atoms with Crippen molar-refractivity contribution in [2.45, 2.75) is 45.8 Å². The molecule has 0 aliphatic carbocycles. The van der Waals surface area contributed by atoms with E-state index in [1.165, 1.54) is 11.1 Å². The Balaban J connectivity index is 1.62. The van der Waals surface area contributed by atoms with Crippen LogP contribution in [0.15, 0.2) is 48.5 Å². The lowest BCUT2D eigenvalue weighted by atomic mass is 10.0. The molecule has 0 aromatic heterocycles. The maximum absolute atomic E-state index is 12.3. The van der Waals surface area contributed by atoms with Crippen LogP contribution in [0, 0.1) is 0 Å². The zero-order chi connectivity index (χ0) is 18.6. The molecule has 26 heavy (non-hydrogen) atoms. The summed E-state index contributed by atoms with van der Waals surface area (Å²) >= 11 is 0. The molecule has 0 saturated carbocycles. The first-order valence-corrected chi connectivity index (χ1v) is 9.17. The summed E-state index contributed by atoms with van der Waals surface area (Å²) in [5.74, 6) is 0.873. The smallest absolute Gasteiger partial charge is 0.410 e. The Bertz CT molecular complexity index is 750. The van der Waals surface area contributed by atoms with Crippen molar-refractivity contribution in [3.05, 3.63) is 65.2 Å². The number of amides is 1. The molecule has 1 heterocycles. The average Bonchev–Trinajstić information content (AvgIpc) is 2.81. The number of carbonyl (C=O) groups is 1. The van der Waals surface area contributed by atoms with Gasteiger partial charge in [0.2, 0.25) is 0 Å². The quantitative estimate of drug-likeness (QED) is 0.809. The lowest BCUT2D eigenvalue weighted by Crippen LogP contribution is -2.38. The van der Waals surface area contributed by atoms with E-state index in [4.69, 9.17) is 9.47 Å². The van der Waals surface area contributed by atoms with Gasteiger partial charge in [-0.05, 0) is 62.4 Å². The molecule has 0 fully saturated rings. The molecule has 4 heteroatoms. The standard InChI is InChI=1S/C22H27NO3/c1-22(2,3)26-21(24)23-13-11-18-9-10-20(15-19(18)12-14-23)25-16-17-7-5-4-6-8-17/h4-10,15H,11-14,16H2,1-3H3. The molecule has 0 saturated heterocycles. The van der Waals surface area contributed by atoms with Gasteiger partial charge in [0.05, 0.1) is 0 Å². The van der Waals surface area contributed by atoms with Crippen LogP contribution in [0.3, 0.4) is 0 Å². The van der Waals surface area contributed by atoms with Gasteiger partial charge in [0.15, 0.2) is 0 Å². The summed E-state index contributed by atoms with van der Waals surface area (Å²) < 4.78 is 11.4. The maximum Gasteiger partial charge on any atom is 0.410 e. The van der Waals surface area contributed by atoms with Gasteiger partial charge in [-0.1, -0.05) is 36.4 Å². The van der Waals surface area contributed by atoms with Crippen molar-refractivity contribution in [1.29, 1.82) is 0 Å². The second kappa shape index (κ2) is 7.81. The minimum absolute atomic E-state index is 0.231. The lowest BCUT2D eigenvalue weighted by Gasteiger charge is -2.26. The van der Waals surface area contributed by atoms with Gasteiger partial charge in [0, 0.05) is 13.1 Å². The SMILES string of the molecule is CC(C)(C)OC(=O)N1CCc2ccc(OCc3ccccc3)cc2CC1. The van der Waals surface area contributed by atoms with Crippen LogP contribution in [0.2, 0.25) is 0 Å². The van der Waals surface area contributed by atoms with E-state index in [2.05, 4.69) is 24.3 Å². The molecule has 1 amide bonds. The van der Waals surface area contributed by atoms with Gasteiger partial charge in [-0.2, -0.15) is 0 Å². The molecular weight excluding hydrogens is 326 g/mol. The molecule has 1 aliphatic rings. The Labute approximate surface area is 155 Å². The van der Waals surface area contributed by atoms with Crippen molar-refractivity contribution in [3.8, 4) is 5.75 Å². The lowest BCUT2D eigenvalue weighted by molar-refractivity contribution is 0.0258. The molecule has 0 atom stereocenters. The summed E-state index contributed by atoms with van der Waals surface area (Å²) in [6.45, 7) is 7.61. The molecule has 138 valence electrons. The molecule has 0 bridgehead atoms. The largest absolute Gasteiger partial charge is 0.489 e. The molecule has 4 nitrogen and oxygen atoms in total. The fraction of sp³-hybridized carbons (Fsp3) is 0.409. The van der Waals surface area contributed by atoms with Gasteiger partial charge in [-0.25, -0.2) is 4.79 Å². The number of fused-ring (bicyclic) bond motifs is 1. The van der Waals surface area contributed by atoms with Crippen LogP contribution in [-0.4, -0.2) is 29.7 Å². The third-order valence-electron chi connectivity index (χ3n) is 4.38. The first kappa shape index (κ1) is 18.3. The highest BCUT2D eigenvalue weighted by molar-refractivity contribution is 5.68. The van der Waals surface area contributed by atoms with Gasteiger partial charge < -0.3 is 14.4 Å². The van der Waals surface area contributed by atoms with Crippen molar-refractivity contribution < 1.29 is 14.3 Å². The molecular formula is C22H27NO3. The van der Waals surface area contributed by atoms with Crippen molar-refractivity contribution in [1.82, 2.24) is 4.90 Å². The Morgan fingerprint density at radius 2 is 1.69 bits per heavy atom. The summed E-state index contributed by atoms with van der Waals surface area (Å²) in [5.41, 5.74) is 3.22. The summed E-state index contributed by atoms with van der Waals surface area (Å²) in [6.07, 6.45) is 1.43. The van der Waals surface area contributed by atoms with Crippen molar-refractivity contribution in [2.75, 3.05) is 13.1 Å². The Morgan fingerprint density at radius 1 is 1.00 bits per heavy atom. The topological polar surface area (TPSA) is 38.8 Å². The van der Waals surface area contributed by atoms with E-state index >= 15 is 0 Å². The van der Waals surface area contributed by atoms with E-state index in [1.54, 1.807) is 4.90 Å². The predicted octanol–water partition coefficient (Wildman–Crippen LogP) is 4.60. The van der Waals surface area contributed by atoms with Crippen LogP contribution >= 0.6 is 0 Å². The van der Waals surface area contributed by atoms with Crippen LogP contribution in [0.25, 0.3) is 0 Å². The number of benzene rings is 2. The fourth-order valence-electron chi connectivity index (χ4n) is 3.04. The van der Waals surface area contributed by atoms with Crippen LogP contribution in [-0.2, 0) is 24.2 Å². The summed E-state index contributed by atoms with van der Waals surface area (Å²) in [7, 11) is 0. The molecule has 2 aromatic rings. The number of ether oxygens (including phenoxy) is 2. The van der Waals surface area contributed by atoms with Crippen molar-refractivity contribution in [2.24, 2.45) is 0 Å². The van der Waals surface area contributed by atoms with Crippen LogP contribution in [0.1, 0.15) is 37.5 Å². The second-order valence-corrected chi connectivity index (χ2v) is 7.67. The highest BCUT2D eigenvalue weighted by Crippen LogP contribution is 2.23. The van der Waals surface area contributed by atoms with Crippen LogP contribution in [0.5, 0.6) is 5.75 Å².